The fraction of sp³-hybridized carbons (Fsp3) is 1.00. The minimum Gasteiger partial charge on any atom is -0.431 e. The van der Waals surface area contributed by atoms with Crippen LogP contribution in [0, 0.1) is 5.41 Å². The lowest BCUT2D eigenvalue weighted by molar-refractivity contribution is 0.00578. The molecule has 0 spiro atoms. The molecule has 108 valence electrons. The molecular weight excluding hydrogens is 238 g/mol. The molecule has 0 aromatic heterocycles. The lowest BCUT2D eigenvalue weighted by Gasteiger charge is -2.36. The van der Waals surface area contributed by atoms with Gasteiger partial charge in [0, 0.05) is 0 Å². The fourth-order valence-corrected chi connectivity index (χ4v) is 2.87. The Kier molecular flexibility index (Phi) is 3.26. The molecule has 0 bridgehead atoms. The first-order valence-electron chi connectivity index (χ1n) is 7.35. The highest BCUT2D eigenvalue weighted by atomic mass is 16.7. The van der Waals surface area contributed by atoms with Crippen molar-refractivity contribution in [2.75, 3.05) is 0 Å². The predicted octanol–water partition coefficient (Wildman–Crippen LogP) is 3.37. The van der Waals surface area contributed by atoms with Gasteiger partial charge >= 0.3 is 13.8 Å². The standard InChI is InChI=1S/C14H28B2O3/c1-10-11(2,3)12(4,5)17-15(10)16-18-13(6,7)14(8,9)19-16/h10H,1-9H3. The fourth-order valence-electron chi connectivity index (χ4n) is 2.87. The first kappa shape index (κ1) is 15.4. The van der Waals surface area contributed by atoms with Crippen LogP contribution in [0.25, 0.3) is 0 Å². The zero-order valence-electron chi connectivity index (χ0n) is 14.0. The first-order valence-corrected chi connectivity index (χ1v) is 7.35. The summed E-state index contributed by atoms with van der Waals surface area (Å²) >= 11 is 0. The van der Waals surface area contributed by atoms with Crippen LogP contribution in [0.4, 0.5) is 0 Å². The Hall–Kier alpha value is 0.00987. The molecule has 5 heteroatoms. The van der Waals surface area contributed by atoms with E-state index in [0.717, 1.165) is 0 Å². The average Bonchev–Trinajstić information content (AvgIpc) is 2.51. The molecule has 0 aromatic rings. The molecule has 2 fully saturated rings. The Labute approximate surface area is 119 Å². The van der Waals surface area contributed by atoms with E-state index in [9.17, 15) is 0 Å². The molecule has 0 amide bonds. The Balaban J connectivity index is 2.23. The quantitative estimate of drug-likeness (QED) is 0.681. The van der Waals surface area contributed by atoms with E-state index in [1.54, 1.807) is 0 Å². The lowest BCUT2D eigenvalue weighted by Crippen LogP contribution is -2.42. The molecule has 0 N–H and O–H groups in total. The predicted molar refractivity (Wildman–Crippen MR) is 80.2 cm³/mol. The third kappa shape index (κ3) is 2.09. The maximum Gasteiger partial charge on any atom is 0.446 e. The van der Waals surface area contributed by atoms with Crippen LogP contribution in [-0.2, 0) is 14.0 Å². The van der Waals surface area contributed by atoms with Gasteiger partial charge in [-0.05, 0) is 52.8 Å². The summed E-state index contributed by atoms with van der Waals surface area (Å²) in [5, 5.41) is 0. The van der Waals surface area contributed by atoms with E-state index in [0.29, 0.717) is 5.82 Å². The Morgan fingerprint density at radius 3 is 1.42 bits per heavy atom. The second-order valence-electron chi connectivity index (χ2n) is 8.23. The molecule has 1 atom stereocenters. The highest BCUT2D eigenvalue weighted by molar-refractivity contribution is 7.15. The van der Waals surface area contributed by atoms with Gasteiger partial charge in [-0.15, -0.1) is 0 Å². The first-order chi connectivity index (χ1) is 8.32. The van der Waals surface area contributed by atoms with Gasteiger partial charge in [-0.2, -0.15) is 0 Å². The summed E-state index contributed by atoms with van der Waals surface area (Å²) in [6, 6.07) is 0. The third-order valence-corrected chi connectivity index (χ3v) is 6.15. The molecule has 0 aliphatic carbocycles. The molecule has 3 nitrogen and oxygen atoms in total. The average molecular weight is 266 g/mol. The Morgan fingerprint density at radius 2 is 1.11 bits per heavy atom. The molecular formula is C14H28B2O3. The van der Waals surface area contributed by atoms with Crippen molar-refractivity contribution < 1.29 is 14.0 Å². The normalized spacial score (nSPS) is 34.9. The molecule has 2 saturated heterocycles. The SMILES string of the molecule is CC1B(B2OC(C)(C)C(C)(C)O2)OC(C)(C)C1(C)C. The highest BCUT2D eigenvalue weighted by Gasteiger charge is 2.64. The molecule has 0 radical (unpaired) electrons. The maximum absolute atomic E-state index is 6.30. The van der Waals surface area contributed by atoms with Gasteiger partial charge in [0.05, 0.1) is 16.8 Å². The van der Waals surface area contributed by atoms with Gasteiger partial charge in [0.15, 0.2) is 0 Å². The van der Waals surface area contributed by atoms with Gasteiger partial charge in [0.1, 0.15) is 0 Å². The van der Waals surface area contributed by atoms with Crippen LogP contribution in [0.2, 0.25) is 5.82 Å². The second kappa shape index (κ2) is 4.02. The molecule has 2 rings (SSSR count). The van der Waals surface area contributed by atoms with E-state index in [1.807, 2.05) is 0 Å². The van der Waals surface area contributed by atoms with Crippen LogP contribution in [0.5, 0.6) is 0 Å². The second-order valence-corrected chi connectivity index (χ2v) is 8.23. The van der Waals surface area contributed by atoms with Gasteiger partial charge in [-0.3, -0.25) is 0 Å². The molecule has 1 unspecified atom stereocenters. The summed E-state index contributed by atoms with van der Waals surface area (Å²) in [6.07, 6.45) is 0. The van der Waals surface area contributed by atoms with E-state index in [1.165, 1.54) is 0 Å². The van der Waals surface area contributed by atoms with E-state index < -0.39 is 0 Å². The summed E-state index contributed by atoms with van der Waals surface area (Å²) in [7, 11) is -0.277. The van der Waals surface area contributed by atoms with Crippen molar-refractivity contribution >= 4 is 13.8 Å². The summed E-state index contributed by atoms with van der Waals surface area (Å²) in [4.78, 5) is 0. The number of hydrogen-bond donors (Lipinski definition) is 0. The Bertz CT molecular complexity index is 361. The largest absolute Gasteiger partial charge is 0.446 e. The Morgan fingerprint density at radius 1 is 0.684 bits per heavy atom. The topological polar surface area (TPSA) is 27.7 Å². The van der Waals surface area contributed by atoms with Crippen LogP contribution in [0.15, 0.2) is 0 Å². The van der Waals surface area contributed by atoms with Gasteiger partial charge in [-0.25, -0.2) is 0 Å². The molecule has 2 aliphatic rings. The summed E-state index contributed by atoms with van der Waals surface area (Å²) in [5.74, 6) is 0.386. The van der Waals surface area contributed by atoms with Gasteiger partial charge in [-0.1, -0.05) is 20.8 Å². The van der Waals surface area contributed by atoms with E-state index in [-0.39, 0.29) is 36.0 Å². The highest BCUT2D eigenvalue weighted by Crippen LogP contribution is 2.54. The minimum absolute atomic E-state index is 0.00829. The molecule has 19 heavy (non-hydrogen) atoms. The van der Waals surface area contributed by atoms with E-state index in [4.69, 9.17) is 14.0 Å². The van der Waals surface area contributed by atoms with Gasteiger partial charge in [0.2, 0.25) is 0 Å². The molecule has 0 aromatic carbocycles. The molecule has 0 saturated carbocycles. The monoisotopic (exact) mass is 266 g/mol. The third-order valence-electron chi connectivity index (χ3n) is 6.15. The summed E-state index contributed by atoms with van der Waals surface area (Å²) < 4.78 is 18.6. The van der Waals surface area contributed by atoms with Crippen molar-refractivity contribution in [1.29, 1.82) is 0 Å². The maximum atomic E-state index is 6.30. The van der Waals surface area contributed by atoms with Crippen LogP contribution in [0.3, 0.4) is 0 Å². The number of hydrogen-bond acceptors (Lipinski definition) is 3. The van der Waals surface area contributed by atoms with E-state index >= 15 is 0 Å². The lowest BCUT2D eigenvalue weighted by atomic mass is 9.29. The van der Waals surface area contributed by atoms with Crippen molar-refractivity contribution in [3.8, 4) is 0 Å². The van der Waals surface area contributed by atoms with Crippen molar-refractivity contribution in [2.45, 2.75) is 84.9 Å². The number of rotatable bonds is 1. The van der Waals surface area contributed by atoms with Gasteiger partial charge < -0.3 is 14.0 Å². The summed E-state index contributed by atoms with van der Waals surface area (Å²) in [5.41, 5.74) is -0.656. The minimum atomic E-state index is -0.294. The van der Waals surface area contributed by atoms with E-state index in [2.05, 4.69) is 62.3 Å². The molecule has 2 aliphatic heterocycles. The van der Waals surface area contributed by atoms with Crippen molar-refractivity contribution in [3.05, 3.63) is 0 Å². The smallest absolute Gasteiger partial charge is 0.431 e. The van der Waals surface area contributed by atoms with Crippen molar-refractivity contribution in [2.24, 2.45) is 5.41 Å². The summed E-state index contributed by atoms with van der Waals surface area (Å²) in [6.45, 7) is 19.4. The van der Waals surface area contributed by atoms with Gasteiger partial charge in [0.25, 0.3) is 0 Å². The zero-order chi connectivity index (χ0) is 14.9. The van der Waals surface area contributed by atoms with Crippen molar-refractivity contribution in [3.63, 3.8) is 0 Å². The van der Waals surface area contributed by atoms with Crippen LogP contribution in [-0.4, -0.2) is 30.6 Å². The van der Waals surface area contributed by atoms with Crippen LogP contribution in [0.1, 0.15) is 62.3 Å². The zero-order valence-corrected chi connectivity index (χ0v) is 14.0. The van der Waals surface area contributed by atoms with Crippen LogP contribution >= 0.6 is 0 Å². The van der Waals surface area contributed by atoms with Crippen LogP contribution < -0.4 is 0 Å². The van der Waals surface area contributed by atoms with Crippen molar-refractivity contribution in [1.82, 2.24) is 0 Å². The molecule has 2 heterocycles.